The first-order chi connectivity index (χ1) is 10.4. The van der Waals surface area contributed by atoms with Gasteiger partial charge in [-0.25, -0.2) is 0 Å². The molecule has 2 rings (SSSR count). The van der Waals surface area contributed by atoms with E-state index in [1.165, 1.54) is 0 Å². The second-order valence-corrected chi connectivity index (χ2v) is 7.63. The maximum atomic E-state index is 6.18. The molecule has 0 saturated heterocycles. The zero-order valence-electron chi connectivity index (χ0n) is 12.1. The zero-order valence-corrected chi connectivity index (χ0v) is 16.8. The number of halogens is 4. The minimum atomic E-state index is 0.0889. The largest absolute Gasteiger partial charge is 0.489 e. The molecule has 0 amide bonds. The molecule has 0 aliphatic heterocycles. The molecule has 0 unspecified atom stereocenters. The summed E-state index contributed by atoms with van der Waals surface area (Å²) >= 11 is 19.2. The minimum absolute atomic E-state index is 0.0889. The lowest BCUT2D eigenvalue weighted by Crippen LogP contribution is -2.10. The fourth-order valence-electron chi connectivity index (χ4n) is 1.94. The average molecular weight is 468 g/mol. The van der Waals surface area contributed by atoms with Gasteiger partial charge in [0, 0.05) is 21.6 Å². The number of anilines is 1. The highest BCUT2D eigenvalue weighted by molar-refractivity contribution is 9.11. The van der Waals surface area contributed by atoms with Crippen LogP contribution in [0.1, 0.15) is 19.4 Å². The molecule has 0 aliphatic rings. The van der Waals surface area contributed by atoms with E-state index < -0.39 is 0 Å². The Bertz CT molecular complexity index is 677. The number of hydrogen-bond acceptors (Lipinski definition) is 2. The number of hydrogen-bond donors (Lipinski definition) is 1. The summed E-state index contributed by atoms with van der Waals surface area (Å²) < 4.78 is 7.79. The van der Waals surface area contributed by atoms with Crippen LogP contribution in [0.4, 0.5) is 5.69 Å². The first-order valence-electron chi connectivity index (χ1n) is 6.70. The van der Waals surface area contributed by atoms with E-state index in [2.05, 4.69) is 37.2 Å². The maximum absolute atomic E-state index is 6.18. The first kappa shape index (κ1) is 17.9. The van der Waals surface area contributed by atoms with Crippen LogP contribution in [0.15, 0.2) is 39.3 Å². The number of rotatable bonds is 5. The number of ether oxygens (including phenoxy) is 1. The molecule has 2 nitrogen and oxygen atoms in total. The molecular weight excluding hydrogens is 453 g/mol. The quantitative estimate of drug-likeness (QED) is 0.515. The van der Waals surface area contributed by atoms with Crippen LogP contribution < -0.4 is 10.1 Å². The average Bonchev–Trinajstić information content (AvgIpc) is 2.43. The topological polar surface area (TPSA) is 21.3 Å². The number of nitrogens with one attached hydrogen (secondary N) is 1. The third-order valence-electron chi connectivity index (χ3n) is 2.84. The molecule has 6 heteroatoms. The third kappa shape index (κ3) is 4.79. The molecule has 0 bridgehead atoms. The zero-order chi connectivity index (χ0) is 16.3. The molecule has 2 aromatic carbocycles. The molecule has 118 valence electrons. The van der Waals surface area contributed by atoms with Gasteiger partial charge in [0.2, 0.25) is 0 Å². The maximum Gasteiger partial charge on any atom is 0.138 e. The summed E-state index contributed by atoms with van der Waals surface area (Å²) in [6.45, 7) is 4.57. The highest BCUT2D eigenvalue weighted by atomic mass is 79.9. The highest BCUT2D eigenvalue weighted by Gasteiger charge is 2.12. The predicted molar refractivity (Wildman–Crippen MR) is 101 cm³/mol. The Balaban J connectivity index is 2.26. The summed E-state index contributed by atoms with van der Waals surface area (Å²) in [5.41, 5.74) is 1.81. The summed E-state index contributed by atoms with van der Waals surface area (Å²) in [5.74, 6) is 0.823. The van der Waals surface area contributed by atoms with E-state index in [0.29, 0.717) is 16.6 Å². The van der Waals surface area contributed by atoms with E-state index in [1.54, 1.807) is 18.2 Å². The molecule has 0 saturated carbocycles. The SMILES string of the molecule is CC(C)Oc1c(Br)cc(Br)cc1CNc1cc(Cl)ccc1Cl. The van der Waals surface area contributed by atoms with Crippen molar-refractivity contribution in [2.24, 2.45) is 0 Å². The van der Waals surface area contributed by atoms with Gasteiger partial charge in [0.25, 0.3) is 0 Å². The molecule has 2 aromatic rings. The summed E-state index contributed by atoms with van der Waals surface area (Å²) in [6.07, 6.45) is 0.0889. The molecule has 0 aromatic heterocycles. The second kappa shape index (κ2) is 7.91. The van der Waals surface area contributed by atoms with Crippen molar-refractivity contribution < 1.29 is 4.74 Å². The van der Waals surface area contributed by atoms with Crippen molar-refractivity contribution in [2.75, 3.05) is 5.32 Å². The lowest BCUT2D eigenvalue weighted by Gasteiger charge is -2.18. The molecule has 22 heavy (non-hydrogen) atoms. The predicted octanol–water partition coefficient (Wildman–Crippen LogP) is 6.92. The van der Waals surface area contributed by atoms with Crippen molar-refractivity contribution in [3.05, 3.63) is 54.9 Å². The summed E-state index contributed by atoms with van der Waals surface area (Å²) in [5, 5.41) is 4.57. The Morgan fingerprint density at radius 3 is 2.55 bits per heavy atom. The Labute approximate surface area is 157 Å². The Morgan fingerprint density at radius 2 is 1.86 bits per heavy atom. The third-order valence-corrected chi connectivity index (χ3v) is 4.45. The van der Waals surface area contributed by atoms with Crippen LogP contribution in [-0.2, 0) is 6.54 Å². The fraction of sp³-hybridized carbons (Fsp3) is 0.250. The monoisotopic (exact) mass is 465 g/mol. The van der Waals surface area contributed by atoms with Gasteiger partial charge in [-0.1, -0.05) is 39.1 Å². The Hall–Kier alpha value is -0.420. The van der Waals surface area contributed by atoms with E-state index in [4.69, 9.17) is 27.9 Å². The van der Waals surface area contributed by atoms with Crippen LogP contribution in [0.5, 0.6) is 5.75 Å². The summed E-state index contributed by atoms with van der Waals surface area (Å²) in [6, 6.07) is 9.33. The van der Waals surface area contributed by atoms with Gasteiger partial charge in [-0.15, -0.1) is 0 Å². The van der Waals surface area contributed by atoms with Crippen LogP contribution in [0, 0.1) is 0 Å². The van der Waals surface area contributed by atoms with E-state index in [1.807, 2.05) is 26.0 Å². The molecule has 0 spiro atoms. The van der Waals surface area contributed by atoms with Gasteiger partial charge in [0.15, 0.2) is 0 Å². The van der Waals surface area contributed by atoms with Gasteiger partial charge in [-0.3, -0.25) is 0 Å². The van der Waals surface area contributed by atoms with Crippen molar-refractivity contribution in [1.82, 2.24) is 0 Å². The standard InChI is InChI=1S/C16H15Br2Cl2NO/c1-9(2)22-16-10(5-11(17)6-13(16)18)8-21-15-7-12(19)3-4-14(15)20/h3-7,9,21H,8H2,1-2H3. The highest BCUT2D eigenvalue weighted by Crippen LogP contribution is 2.35. The van der Waals surface area contributed by atoms with Crippen molar-refractivity contribution in [2.45, 2.75) is 26.5 Å². The van der Waals surface area contributed by atoms with Crippen LogP contribution in [0.25, 0.3) is 0 Å². The molecule has 0 heterocycles. The fourth-order valence-corrected chi connectivity index (χ4v) is 3.70. The minimum Gasteiger partial charge on any atom is -0.489 e. The summed E-state index contributed by atoms with van der Waals surface area (Å²) in [4.78, 5) is 0. The van der Waals surface area contributed by atoms with Gasteiger partial charge in [0.05, 0.1) is 21.3 Å². The van der Waals surface area contributed by atoms with Gasteiger partial charge in [-0.2, -0.15) is 0 Å². The molecule has 0 fully saturated rings. The Morgan fingerprint density at radius 1 is 1.14 bits per heavy atom. The molecular formula is C16H15Br2Cl2NO. The van der Waals surface area contributed by atoms with Crippen LogP contribution in [-0.4, -0.2) is 6.10 Å². The molecule has 1 N–H and O–H groups in total. The van der Waals surface area contributed by atoms with E-state index >= 15 is 0 Å². The van der Waals surface area contributed by atoms with Crippen LogP contribution in [0.3, 0.4) is 0 Å². The summed E-state index contributed by atoms with van der Waals surface area (Å²) in [7, 11) is 0. The van der Waals surface area contributed by atoms with Gasteiger partial charge in [-0.05, 0) is 60.1 Å². The van der Waals surface area contributed by atoms with Gasteiger partial charge >= 0.3 is 0 Å². The van der Waals surface area contributed by atoms with Crippen molar-refractivity contribution in [3.63, 3.8) is 0 Å². The van der Waals surface area contributed by atoms with Crippen molar-refractivity contribution in [1.29, 1.82) is 0 Å². The van der Waals surface area contributed by atoms with E-state index in [-0.39, 0.29) is 6.10 Å². The lowest BCUT2D eigenvalue weighted by atomic mass is 10.2. The molecule has 0 radical (unpaired) electrons. The molecule has 0 atom stereocenters. The van der Waals surface area contributed by atoms with Crippen molar-refractivity contribution >= 4 is 60.7 Å². The second-order valence-electron chi connectivity index (χ2n) is 5.02. The lowest BCUT2D eigenvalue weighted by molar-refractivity contribution is 0.238. The number of benzene rings is 2. The van der Waals surface area contributed by atoms with E-state index in [0.717, 1.165) is 25.9 Å². The normalized spacial score (nSPS) is 10.9. The van der Waals surface area contributed by atoms with E-state index in [9.17, 15) is 0 Å². The van der Waals surface area contributed by atoms with Gasteiger partial charge < -0.3 is 10.1 Å². The van der Waals surface area contributed by atoms with Gasteiger partial charge in [0.1, 0.15) is 5.75 Å². The first-order valence-corrected chi connectivity index (χ1v) is 9.04. The smallest absolute Gasteiger partial charge is 0.138 e. The van der Waals surface area contributed by atoms with Crippen LogP contribution in [0.2, 0.25) is 10.0 Å². The van der Waals surface area contributed by atoms with Crippen molar-refractivity contribution in [3.8, 4) is 5.75 Å². The molecule has 0 aliphatic carbocycles. The Kier molecular flexibility index (Phi) is 6.45. The van der Waals surface area contributed by atoms with Crippen LogP contribution >= 0.6 is 55.1 Å².